The Morgan fingerprint density at radius 2 is 1.84 bits per heavy atom. The van der Waals surface area contributed by atoms with Crippen LogP contribution in [0.3, 0.4) is 0 Å². The molecule has 0 unspecified atom stereocenters. The molecule has 4 rings (SSSR count). The fraction of sp³-hybridized carbons (Fsp3) is 0.409. The van der Waals surface area contributed by atoms with Gasteiger partial charge in [-0.1, -0.05) is 17.3 Å². The number of benzene rings is 1. The molecule has 1 aromatic heterocycles. The smallest absolute Gasteiger partial charge is 0.246 e. The van der Waals surface area contributed by atoms with Crippen molar-refractivity contribution < 1.29 is 23.6 Å². The predicted octanol–water partition coefficient (Wildman–Crippen LogP) is 2.09. The third-order valence-electron chi connectivity index (χ3n) is 5.64. The molecule has 2 heterocycles. The second-order valence-electron chi connectivity index (χ2n) is 7.60. The number of aromatic nitrogens is 2. The van der Waals surface area contributed by atoms with Crippen LogP contribution in [0.4, 0.5) is 0 Å². The summed E-state index contributed by atoms with van der Waals surface area (Å²) in [4.78, 5) is 42.6. The average molecular weight is 424 g/mol. The van der Waals surface area contributed by atoms with Crippen molar-refractivity contribution in [1.82, 2.24) is 20.4 Å². The molecular weight excluding hydrogens is 400 g/mol. The van der Waals surface area contributed by atoms with Crippen LogP contribution < -0.4 is 10.1 Å². The van der Waals surface area contributed by atoms with Crippen molar-refractivity contribution in [3.05, 3.63) is 42.3 Å². The topological polar surface area (TPSA) is 115 Å². The zero-order valence-corrected chi connectivity index (χ0v) is 17.2. The van der Waals surface area contributed by atoms with Crippen LogP contribution in [-0.4, -0.2) is 46.4 Å². The summed E-state index contributed by atoms with van der Waals surface area (Å²) in [5.74, 6) is 0.547. The van der Waals surface area contributed by atoms with Gasteiger partial charge in [-0.05, 0) is 43.5 Å². The molecule has 1 aromatic carbocycles. The fourth-order valence-electron chi connectivity index (χ4n) is 3.93. The molecule has 3 amide bonds. The largest absolute Gasteiger partial charge is 0.497 e. The number of allylic oxidation sites excluding steroid dienone is 2. The molecule has 9 heteroatoms. The van der Waals surface area contributed by atoms with Gasteiger partial charge >= 0.3 is 0 Å². The van der Waals surface area contributed by atoms with Gasteiger partial charge in [0.25, 0.3) is 0 Å². The summed E-state index contributed by atoms with van der Waals surface area (Å²) >= 11 is 0. The molecule has 0 radical (unpaired) electrons. The first kappa shape index (κ1) is 20.8. The Bertz CT molecular complexity index is 972. The first-order valence-electron chi connectivity index (χ1n) is 10.3. The van der Waals surface area contributed by atoms with E-state index in [4.69, 9.17) is 9.26 Å². The zero-order valence-electron chi connectivity index (χ0n) is 17.2. The number of rotatable bonds is 8. The van der Waals surface area contributed by atoms with Crippen molar-refractivity contribution in [3.8, 4) is 17.1 Å². The molecule has 0 saturated carbocycles. The molecule has 162 valence electrons. The van der Waals surface area contributed by atoms with Crippen molar-refractivity contribution in [2.45, 2.75) is 32.2 Å². The number of imide groups is 1. The zero-order chi connectivity index (χ0) is 21.8. The number of ether oxygens (including phenoxy) is 1. The third-order valence-corrected chi connectivity index (χ3v) is 5.64. The first-order valence-corrected chi connectivity index (χ1v) is 10.3. The Labute approximate surface area is 179 Å². The highest BCUT2D eigenvalue weighted by atomic mass is 16.5. The van der Waals surface area contributed by atoms with Crippen molar-refractivity contribution in [2.24, 2.45) is 11.8 Å². The highest BCUT2D eigenvalue weighted by molar-refractivity contribution is 6.05. The molecule has 9 nitrogen and oxygen atoms in total. The molecule has 31 heavy (non-hydrogen) atoms. The number of hydrogen-bond donors (Lipinski definition) is 1. The van der Waals surface area contributed by atoms with Gasteiger partial charge in [-0.2, -0.15) is 4.98 Å². The summed E-state index contributed by atoms with van der Waals surface area (Å²) in [6.07, 6.45) is 5.77. The van der Waals surface area contributed by atoms with Crippen LogP contribution in [0.5, 0.6) is 5.75 Å². The number of nitrogens with zero attached hydrogens (tertiary/aromatic N) is 3. The summed E-state index contributed by atoms with van der Waals surface area (Å²) in [7, 11) is 1.59. The minimum Gasteiger partial charge on any atom is -0.497 e. The van der Waals surface area contributed by atoms with Gasteiger partial charge in [0.2, 0.25) is 29.4 Å². The van der Waals surface area contributed by atoms with Gasteiger partial charge in [0.1, 0.15) is 5.75 Å². The quantitative estimate of drug-likeness (QED) is 0.510. The van der Waals surface area contributed by atoms with Crippen molar-refractivity contribution in [1.29, 1.82) is 0 Å². The van der Waals surface area contributed by atoms with Crippen LogP contribution in [0.1, 0.15) is 31.6 Å². The summed E-state index contributed by atoms with van der Waals surface area (Å²) in [6, 6.07) is 7.24. The highest BCUT2D eigenvalue weighted by Gasteiger charge is 2.46. The van der Waals surface area contributed by atoms with Gasteiger partial charge in [-0.3, -0.25) is 19.3 Å². The molecule has 1 fully saturated rings. The highest BCUT2D eigenvalue weighted by Crippen LogP contribution is 2.35. The maximum absolute atomic E-state index is 12.4. The lowest BCUT2D eigenvalue weighted by molar-refractivity contribution is -0.140. The van der Waals surface area contributed by atoms with Gasteiger partial charge in [0, 0.05) is 18.5 Å². The molecule has 0 bridgehead atoms. The number of fused-ring (bicyclic) bond motifs is 1. The van der Waals surface area contributed by atoms with Crippen molar-refractivity contribution in [3.63, 3.8) is 0 Å². The van der Waals surface area contributed by atoms with Crippen LogP contribution in [0.2, 0.25) is 0 Å². The number of amides is 3. The Morgan fingerprint density at radius 1 is 1.16 bits per heavy atom. The third kappa shape index (κ3) is 4.50. The van der Waals surface area contributed by atoms with E-state index in [1.807, 2.05) is 24.3 Å². The van der Waals surface area contributed by atoms with Gasteiger partial charge in [-0.25, -0.2) is 0 Å². The van der Waals surface area contributed by atoms with Crippen LogP contribution in [-0.2, 0) is 20.9 Å². The Morgan fingerprint density at radius 3 is 2.48 bits per heavy atom. The van der Waals surface area contributed by atoms with Crippen molar-refractivity contribution in [2.75, 3.05) is 13.7 Å². The van der Waals surface area contributed by atoms with E-state index in [0.29, 0.717) is 31.0 Å². The SMILES string of the molecule is COc1ccc(-c2noc(CNC(=O)CCCN3C(=O)[C@@H]4CC=CC[C@H]4C3=O)n2)cc1. The van der Waals surface area contributed by atoms with Gasteiger partial charge in [0.15, 0.2) is 0 Å². The van der Waals surface area contributed by atoms with E-state index >= 15 is 0 Å². The number of carbonyl (C=O) groups excluding carboxylic acids is 3. The summed E-state index contributed by atoms with van der Waals surface area (Å²) in [5, 5.41) is 6.65. The Balaban J connectivity index is 1.22. The minimum absolute atomic E-state index is 0.110. The van der Waals surface area contributed by atoms with E-state index in [1.54, 1.807) is 19.2 Å². The lowest BCUT2D eigenvalue weighted by Gasteiger charge is -2.14. The fourth-order valence-corrected chi connectivity index (χ4v) is 3.93. The molecule has 2 aromatic rings. The maximum atomic E-state index is 12.4. The minimum atomic E-state index is -0.233. The number of methoxy groups -OCH3 is 1. The summed E-state index contributed by atoms with van der Waals surface area (Å²) in [5.41, 5.74) is 0.776. The normalized spacial score (nSPS) is 20.1. The van der Waals surface area contributed by atoms with E-state index in [9.17, 15) is 14.4 Å². The number of carbonyl (C=O) groups is 3. The van der Waals surface area contributed by atoms with E-state index in [0.717, 1.165) is 11.3 Å². The van der Waals surface area contributed by atoms with Crippen LogP contribution in [0.15, 0.2) is 40.9 Å². The average Bonchev–Trinajstić information content (AvgIpc) is 3.37. The van der Waals surface area contributed by atoms with Crippen molar-refractivity contribution >= 4 is 17.7 Å². The lowest BCUT2D eigenvalue weighted by atomic mass is 9.85. The van der Waals surface area contributed by atoms with Crippen LogP contribution in [0, 0.1) is 11.8 Å². The molecule has 1 saturated heterocycles. The van der Waals surface area contributed by atoms with Gasteiger partial charge in [0.05, 0.1) is 25.5 Å². The second kappa shape index (κ2) is 9.11. The lowest BCUT2D eigenvalue weighted by Crippen LogP contribution is -2.33. The standard InChI is InChI=1S/C22H24N4O5/c1-30-15-10-8-14(9-11-15)20-24-19(31-25-20)13-23-18(27)7-4-12-26-21(28)16-5-2-3-6-17(16)22(26)29/h2-3,8-11,16-17H,4-7,12-13H2,1H3,(H,23,27)/t16-,17-/m1/s1. The molecule has 2 aliphatic rings. The molecular formula is C22H24N4O5. The number of likely N-dealkylation sites (tertiary alicyclic amines) is 1. The van der Waals surface area contributed by atoms with Crippen LogP contribution in [0.25, 0.3) is 11.4 Å². The summed E-state index contributed by atoms with van der Waals surface area (Å²) in [6.45, 7) is 0.375. The molecule has 1 aliphatic carbocycles. The maximum Gasteiger partial charge on any atom is 0.246 e. The van der Waals surface area contributed by atoms with E-state index in [1.165, 1.54) is 4.90 Å². The second-order valence-corrected chi connectivity index (χ2v) is 7.60. The first-order chi connectivity index (χ1) is 15.1. The number of nitrogens with one attached hydrogen (secondary N) is 1. The molecule has 0 spiro atoms. The monoisotopic (exact) mass is 424 g/mol. The Hall–Kier alpha value is -3.49. The molecule has 1 aliphatic heterocycles. The van der Waals surface area contributed by atoms with E-state index in [2.05, 4.69) is 15.5 Å². The molecule has 1 N–H and O–H groups in total. The van der Waals surface area contributed by atoms with E-state index in [-0.39, 0.29) is 49.1 Å². The van der Waals surface area contributed by atoms with Gasteiger partial charge < -0.3 is 14.6 Å². The van der Waals surface area contributed by atoms with E-state index < -0.39 is 0 Å². The van der Waals surface area contributed by atoms with Crippen LogP contribution >= 0.6 is 0 Å². The Kier molecular flexibility index (Phi) is 6.11. The molecule has 2 atom stereocenters. The number of hydrogen-bond acceptors (Lipinski definition) is 7. The summed E-state index contributed by atoms with van der Waals surface area (Å²) < 4.78 is 10.3. The predicted molar refractivity (Wildman–Crippen MR) is 109 cm³/mol. The van der Waals surface area contributed by atoms with Gasteiger partial charge in [-0.15, -0.1) is 0 Å².